The normalized spacial score (nSPS) is 10.0. The van der Waals surface area contributed by atoms with Crippen molar-refractivity contribution in [3.8, 4) is 0 Å². The van der Waals surface area contributed by atoms with E-state index in [0.717, 1.165) is 20.8 Å². The summed E-state index contributed by atoms with van der Waals surface area (Å²) in [6.45, 7) is 1.97. The van der Waals surface area contributed by atoms with Crippen LogP contribution in [0.25, 0.3) is 0 Å². The molecule has 0 aromatic heterocycles. The molecule has 0 spiro atoms. The van der Waals surface area contributed by atoms with Gasteiger partial charge < -0.3 is 0 Å². The first kappa shape index (κ1) is 8.39. The van der Waals surface area contributed by atoms with Gasteiger partial charge in [0.2, 0.25) is 0 Å². The Balaban J connectivity index is 3.31. The number of aryl methyl sites for hydroxylation is 1. The molecule has 0 saturated carbocycles. The predicted molar refractivity (Wildman–Crippen MR) is 52.8 cm³/mol. The van der Waals surface area contributed by atoms with Crippen LogP contribution < -0.4 is 5.30 Å². The summed E-state index contributed by atoms with van der Waals surface area (Å²) in [5.41, 5.74) is 1.07. The van der Waals surface area contributed by atoms with E-state index < -0.39 is 0 Å². The van der Waals surface area contributed by atoms with E-state index in [1.54, 1.807) is 0 Å². The lowest BCUT2D eigenvalue weighted by atomic mass is 10.2. The van der Waals surface area contributed by atoms with Crippen LogP contribution in [0.2, 0.25) is 5.02 Å². The lowest BCUT2D eigenvalue weighted by Crippen LogP contribution is -1.94. The Morgan fingerprint density at radius 2 is 2.10 bits per heavy atom. The van der Waals surface area contributed by atoms with E-state index in [2.05, 4.69) is 21.9 Å². The first-order chi connectivity index (χ1) is 4.61. The average Bonchev–Trinajstić information content (AvgIpc) is 1.82. The molecule has 10 heavy (non-hydrogen) atoms. The topological polar surface area (TPSA) is 0 Å². The molecule has 54 valence electrons. The fourth-order valence-electron chi connectivity index (χ4n) is 0.777. The van der Waals surface area contributed by atoms with Gasteiger partial charge >= 0.3 is 0 Å². The number of benzene rings is 1. The molecule has 0 aliphatic rings. The van der Waals surface area contributed by atoms with E-state index in [1.807, 2.05) is 19.1 Å². The molecule has 3 heteroatoms. The molecule has 1 unspecified atom stereocenters. The Kier molecular flexibility index (Phi) is 2.62. The fraction of sp³-hybridized carbons (Fsp3) is 0.143. The van der Waals surface area contributed by atoms with Crippen molar-refractivity contribution >= 4 is 38.8 Å². The van der Waals surface area contributed by atoms with Gasteiger partial charge in [-0.2, -0.15) is 0 Å². The van der Waals surface area contributed by atoms with Crippen LogP contribution in [0.5, 0.6) is 0 Å². The van der Waals surface area contributed by atoms with Gasteiger partial charge in [0, 0.05) is 4.90 Å². The van der Waals surface area contributed by atoms with E-state index in [1.165, 1.54) is 0 Å². The van der Waals surface area contributed by atoms with Crippen molar-refractivity contribution in [3.63, 3.8) is 0 Å². The van der Waals surface area contributed by atoms with Gasteiger partial charge in [0.05, 0.1) is 5.02 Å². The van der Waals surface area contributed by atoms with E-state index >= 15 is 0 Å². The van der Waals surface area contributed by atoms with Crippen LogP contribution in [0.15, 0.2) is 17.0 Å². The van der Waals surface area contributed by atoms with Crippen molar-refractivity contribution in [2.24, 2.45) is 0 Å². The van der Waals surface area contributed by atoms with Gasteiger partial charge in [-0.3, -0.25) is 0 Å². The van der Waals surface area contributed by atoms with Gasteiger partial charge in [0.1, 0.15) is 0 Å². The third-order valence-electron chi connectivity index (χ3n) is 1.27. The van der Waals surface area contributed by atoms with Crippen molar-refractivity contribution in [3.05, 3.63) is 22.7 Å². The zero-order chi connectivity index (χ0) is 7.72. The second-order valence-electron chi connectivity index (χ2n) is 2.17. The highest BCUT2D eigenvalue weighted by atomic mass is 35.5. The first-order valence-corrected chi connectivity index (χ1v) is 4.26. The van der Waals surface area contributed by atoms with Crippen LogP contribution in [0, 0.1) is 6.92 Å². The van der Waals surface area contributed by atoms with Gasteiger partial charge in [0.25, 0.3) is 0 Å². The predicted octanol–water partition coefficient (Wildman–Crippen LogP) is 2.44. The Morgan fingerprint density at radius 1 is 1.50 bits per heavy atom. The minimum Gasteiger partial charge on any atom is -0.143 e. The summed E-state index contributed by atoms with van der Waals surface area (Å²) < 4.78 is 0. The average molecular weight is 191 g/mol. The third-order valence-corrected chi connectivity index (χ3v) is 2.68. The second-order valence-corrected chi connectivity index (χ2v) is 3.68. The highest BCUT2D eigenvalue weighted by Gasteiger charge is 1.98. The van der Waals surface area contributed by atoms with E-state index in [0.29, 0.717) is 0 Å². The van der Waals surface area contributed by atoms with Crippen LogP contribution in [-0.4, -0.2) is 0 Å². The monoisotopic (exact) mass is 190 g/mol. The minimum absolute atomic E-state index is 0.808. The molecule has 0 nitrogen and oxygen atoms in total. The highest BCUT2D eigenvalue weighted by molar-refractivity contribution is 7.80. The summed E-state index contributed by atoms with van der Waals surface area (Å²) in [7, 11) is 2.57. The zero-order valence-corrected chi connectivity index (χ0v) is 8.36. The maximum Gasteiger partial charge on any atom is 0.0507 e. The SMILES string of the molecule is Cc1cc(S)cc(P)c1Cl. The van der Waals surface area contributed by atoms with Crippen LogP contribution in [0.1, 0.15) is 5.56 Å². The minimum atomic E-state index is 0.808. The molecule has 1 atom stereocenters. The fourth-order valence-corrected chi connectivity index (χ4v) is 1.77. The van der Waals surface area contributed by atoms with Crippen molar-refractivity contribution < 1.29 is 0 Å². The molecule has 0 amide bonds. The van der Waals surface area contributed by atoms with Crippen molar-refractivity contribution in [2.45, 2.75) is 11.8 Å². The number of hydrogen-bond donors (Lipinski definition) is 1. The number of rotatable bonds is 0. The van der Waals surface area contributed by atoms with Gasteiger partial charge in [-0.25, -0.2) is 0 Å². The number of thiol groups is 1. The Morgan fingerprint density at radius 3 is 2.60 bits per heavy atom. The molecule has 0 aliphatic heterocycles. The Bertz CT molecular complexity index is 237. The zero-order valence-electron chi connectivity index (χ0n) is 5.56. The summed E-state index contributed by atoms with van der Waals surface area (Å²) >= 11 is 10.1. The summed E-state index contributed by atoms with van der Waals surface area (Å²) in [5.74, 6) is 0. The molecule has 0 bridgehead atoms. The van der Waals surface area contributed by atoms with Gasteiger partial charge in [-0.15, -0.1) is 21.9 Å². The van der Waals surface area contributed by atoms with Gasteiger partial charge in [-0.1, -0.05) is 11.6 Å². The van der Waals surface area contributed by atoms with E-state index in [-0.39, 0.29) is 0 Å². The molecule has 0 radical (unpaired) electrons. The molecule has 0 N–H and O–H groups in total. The number of halogens is 1. The quantitative estimate of drug-likeness (QED) is 0.472. The van der Waals surface area contributed by atoms with Gasteiger partial charge in [0.15, 0.2) is 0 Å². The Labute approximate surface area is 73.6 Å². The molecular formula is C7H8ClPS. The standard InChI is InChI=1S/C7H8ClPS/c1-4-2-5(10)3-6(9)7(4)8/h2-3,10H,9H2,1H3. The summed E-state index contributed by atoms with van der Waals surface area (Å²) in [6, 6.07) is 3.86. The third kappa shape index (κ3) is 1.66. The molecule has 1 aromatic rings. The largest absolute Gasteiger partial charge is 0.143 e. The first-order valence-electron chi connectivity index (χ1n) is 2.86. The molecule has 0 aliphatic carbocycles. The van der Waals surface area contributed by atoms with Crippen LogP contribution in [-0.2, 0) is 0 Å². The highest BCUT2D eigenvalue weighted by Crippen LogP contribution is 2.18. The van der Waals surface area contributed by atoms with Crippen LogP contribution >= 0.6 is 33.5 Å². The molecule has 1 aromatic carbocycles. The van der Waals surface area contributed by atoms with E-state index in [9.17, 15) is 0 Å². The molecule has 0 heterocycles. The van der Waals surface area contributed by atoms with Gasteiger partial charge in [-0.05, 0) is 29.9 Å². The molecular weight excluding hydrogens is 183 g/mol. The lowest BCUT2D eigenvalue weighted by Gasteiger charge is -2.01. The second kappa shape index (κ2) is 3.13. The maximum atomic E-state index is 5.89. The van der Waals surface area contributed by atoms with Crippen molar-refractivity contribution in [1.29, 1.82) is 0 Å². The molecule has 0 fully saturated rings. The van der Waals surface area contributed by atoms with Crippen molar-refractivity contribution in [2.75, 3.05) is 0 Å². The summed E-state index contributed by atoms with van der Waals surface area (Å²) in [6.07, 6.45) is 0. The lowest BCUT2D eigenvalue weighted by molar-refractivity contribution is 1.39. The number of hydrogen-bond acceptors (Lipinski definition) is 1. The van der Waals surface area contributed by atoms with Crippen LogP contribution in [0.3, 0.4) is 0 Å². The Hall–Kier alpha value is 0.290. The molecule has 0 saturated heterocycles. The smallest absolute Gasteiger partial charge is 0.0507 e. The van der Waals surface area contributed by atoms with Crippen LogP contribution in [0.4, 0.5) is 0 Å². The summed E-state index contributed by atoms with van der Waals surface area (Å²) in [4.78, 5) is 0.951. The maximum absolute atomic E-state index is 5.89. The van der Waals surface area contributed by atoms with Crippen molar-refractivity contribution in [1.82, 2.24) is 0 Å². The molecule has 1 rings (SSSR count). The summed E-state index contributed by atoms with van der Waals surface area (Å²) in [5, 5.41) is 1.81. The van der Waals surface area contributed by atoms with E-state index in [4.69, 9.17) is 11.6 Å².